The lowest BCUT2D eigenvalue weighted by Crippen LogP contribution is -2.01. The number of alkyl halides is 1. The molecule has 0 spiro atoms. The van der Waals surface area contributed by atoms with E-state index >= 15 is 0 Å². The van der Waals surface area contributed by atoms with Crippen LogP contribution in [0, 0.1) is 16.3 Å². The normalized spacial score (nSPS) is 12.1. The van der Waals surface area contributed by atoms with Gasteiger partial charge in [-0.3, -0.25) is 0 Å². The van der Waals surface area contributed by atoms with E-state index in [1.54, 1.807) is 20.3 Å². The Morgan fingerprint density at radius 1 is 1.05 bits per heavy atom. The molecule has 2 aromatic carbocycles. The Balaban J connectivity index is 2.50. The SMILES string of the molecule is COc1cc(C)c(C(Br)c2ccc(F)cc2I)cc1OC. The van der Waals surface area contributed by atoms with Gasteiger partial charge in [0.25, 0.3) is 0 Å². The van der Waals surface area contributed by atoms with Crippen molar-refractivity contribution in [2.24, 2.45) is 0 Å². The third kappa shape index (κ3) is 3.51. The average molecular weight is 465 g/mol. The van der Waals surface area contributed by atoms with Gasteiger partial charge in [-0.25, -0.2) is 4.39 Å². The van der Waals surface area contributed by atoms with Gasteiger partial charge in [0.05, 0.1) is 19.0 Å². The monoisotopic (exact) mass is 464 g/mol. The Bertz CT molecular complexity index is 661. The van der Waals surface area contributed by atoms with Crippen LogP contribution in [-0.4, -0.2) is 14.2 Å². The van der Waals surface area contributed by atoms with Crippen molar-refractivity contribution in [3.63, 3.8) is 0 Å². The first-order chi connectivity index (χ1) is 9.97. The van der Waals surface area contributed by atoms with Crippen molar-refractivity contribution >= 4 is 38.5 Å². The van der Waals surface area contributed by atoms with Gasteiger partial charge in [-0.15, -0.1) is 0 Å². The molecule has 2 rings (SSSR count). The topological polar surface area (TPSA) is 18.5 Å². The number of benzene rings is 2. The molecule has 2 nitrogen and oxygen atoms in total. The van der Waals surface area contributed by atoms with Gasteiger partial charge < -0.3 is 9.47 Å². The van der Waals surface area contributed by atoms with E-state index in [1.807, 2.05) is 19.1 Å². The molecule has 2 aromatic rings. The largest absolute Gasteiger partial charge is 0.493 e. The summed E-state index contributed by atoms with van der Waals surface area (Å²) in [6.07, 6.45) is 0. The maximum absolute atomic E-state index is 13.3. The average Bonchev–Trinajstić information content (AvgIpc) is 2.46. The van der Waals surface area contributed by atoms with E-state index in [1.165, 1.54) is 12.1 Å². The van der Waals surface area contributed by atoms with Crippen LogP contribution >= 0.6 is 38.5 Å². The Morgan fingerprint density at radius 2 is 1.67 bits per heavy atom. The molecule has 112 valence electrons. The molecule has 0 bridgehead atoms. The molecular formula is C16H15BrFIO2. The van der Waals surface area contributed by atoms with Crippen LogP contribution in [0.15, 0.2) is 30.3 Å². The molecule has 0 radical (unpaired) electrons. The molecule has 0 aliphatic heterocycles. The van der Waals surface area contributed by atoms with Gasteiger partial charge in [-0.1, -0.05) is 22.0 Å². The number of rotatable bonds is 4. The summed E-state index contributed by atoms with van der Waals surface area (Å²) in [6, 6.07) is 8.70. The molecule has 1 unspecified atom stereocenters. The van der Waals surface area contributed by atoms with Crippen molar-refractivity contribution in [3.8, 4) is 11.5 Å². The highest BCUT2D eigenvalue weighted by Gasteiger charge is 2.19. The Hall–Kier alpha value is -0.820. The maximum atomic E-state index is 13.3. The van der Waals surface area contributed by atoms with Gasteiger partial charge in [-0.2, -0.15) is 0 Å². The summed E-state index contributed by atoms with van der Waals surface area (Å²) in [7, 11) is 3.23. The van der Waals surface area contributed by atoms with Crippen LogP contribution in [0.4, 0.5) is 4.39 Å². The van der Waals surface area contributed by atoms with Crippen LogP contribution in [0.2, 0.25) is 0 Å². The van der Waals surface area contributed by atoms with Gasteiger partial charge in [0.1, 0.15) is 5.82 Å². The maximum Gasteiger partial charge on any atom is 0.161 e. The third-order valence-electron chi connectivity index (χ3n) is 3.28. The van der Waals surface area contributed by atoms with E-state index in [0.717, 1.165) is 20.3 Å². The highest BCUT2D eigenvalue weighted by atomic mass is 127. The van der Waals surface area contributed by atoms with E-state index < -0.39 is 0 Å². The number of ether oxygens (including phenoxy) is 2. The first-order valence-electron chi connectivity index (χ1n) is 6.29. The summed E-state index contributed by atoms with van der Waals surface area (Å²) in [4.78, 5) is -0.0372. The minimum absolute atomic E-state index is 0.0372. The lowest BCUT2D eigenvalue weighted by atomic mass is 9.99. The first kappa shape index (κ1) is 16.5. The first-order valence-corrected chi connectivity index (χ1v) is 8.29. The molecule has 0 N–H and O–H groups in total. The van der Waals surface area contributed by atoms with Crippen LogP contribution in [0.25, 0.3) is 0 Å². The summed E-state index contributed by atoms with van der Waals surface area (Å²) in [5.41, 5.74) is 3.17. The van der Waals surface area contributed by atoms with Crippen molar-refractivity contribution in [1.82, 2.24) is 0 Å². The fourth-order valence-corrected chi connectivity index (χ4v) is 4.25. The molecule has 21 heavy (non-hydrogen) atoms. The van der Waals surface area contributed by atoms with Gasteiger partial charge in [-0.05, 0) is 70.5 Å². The standard InChI is InChI=1S/C16H15BrFIO2/c1-9-6-14(20-2)15(21-3)8-12(9)16(17)11-5-4-10(18)7-13(11)19/h4-8,16H,1-3H3. The van der Waals surface area contributed by atoms with Crippen LogP contribution < -0.4 is 9.47 Å². The zero-order valence-electron chi connectivity index (χ0n) is 11.9. The summed E-state index contributed by atoms with van der Waals surface area (Å²) in [5.74, 6) is 1.15. The molecule has 0 amide bonds. The van der Waals surface area contributed by atoms with Gasteiger partial charge in [0.2, 0.25) is 0 Å². The fraction of sp³-hybridized carbons (Fsp3) is 0.250. The second-order valence-electron chi connectivity index (χ2n) is 4.59. The molecule has 0 saturated heterocycles. The van der Waals surface area contributed by atoms with Crippen LogP contribution in [0.1, 0.15) is 21.5 Å². The van der Waals surface area contributed by atoms with Crippen molar-refractivity contribution in [2.45, 2.75) is 11.8 Å². The molecule has 0 aliphatic rings. The summed E-state index contributed by atoms with van der Waals surface area (Å²) in [5, 5.41) is 0. The minimum Gasteiger partial charge on any atom is -0.493 e. The van der Waals surface area contributed by atoms with E-state index in [2.05, 4.69) is 38.5 Å². The predicted octanol–water partition coefficient (Wildman–Crippen LogP) is 5.24. The summed E-state index contributed by atoms with van der Waals surface area (Å²) >= 11 is 5.85. The predicted molar refractivity (Wildman–Crippen MR) is 94.2 cm³/mol. The molecule has 0 aliphatic carbocycles. The molecule has 1 atom stereocenters. The Kier molecular flexibility index (Phi) is 5.48. The smallest absolute Gasteiger partial charge is 0.161 e. The summed E-state index contributed by atoms with van der Waals surface area (Å²) < 4.78 is 24.8. The molecule has 0 fully saturated rings. The van der Waals surface area contributed by atoms with E-state index in [0.29, 0.717) is 11.5 Å². The minimum atomic E-state index is -0.230. The zero-order valence-corrected chi connectivity index (χ0v) is 15.7. The van der Waals surface area contributed by atoms with E-state index in [4.69, 9.17) is 9.47 Å². The van der Waals surface area contributed by atoms with E-state index in [-0.39, 0.29) is 10.6 Å². The van der Waals surface area contributed by atoms with Crippen molar-refractivity contribution < 1.29 is 13.9 Å². The number of halogens is 3. The van der Waals surface area contributed by atoms with Crippen molar-refractivity contribution in [2.75, 3.05) is 14.2 Å². The van der Waals surface area contributed by atoms with Crippen LogP contribution in [0.5, 0.6) is 11.5 Å². The molecule has 0 aromatic heterocycles. The quantitative estimate of drug-likeness (QED) is 0.455. The third-order valence-corrected chi connectivity index (χ3v) is 5.20. The van der Waals surface area contributed by atoms with Crippen molar-refractivity contribution in [1.29, 1.82) is 0 Å². The van der Waals surface area contributed by atoms with Crippen LogP contribution in [0.3, 0.4) is 0 Å². The Labute approximate surface area is 145 Å². The molecule has 0 saturated carbocycles. The Morgan fingerprint density at radius 3 is 2.24 bits per heavy atom. The highest BCUT2D eigenvalue weighted by molar-refractivity contribution is 14.1. The highest BCUT2D eigenvalue weighted by Crippen LogP contribution is 2.40. The molecule has 0 heterocycles. The lowest BCUT2D eigenvalue weighted by molar-refractivity contribution is 0.354. The molecular weight excluding hydrogens is 450 g/mol. The number of methoxy groups -OCH3 is 2. The van der Waals surface area contributed by atoms with E-state index in [9.17, 15) is 4.39 Å². The second-order valence-corrected chi connectivity index (χ2v) is 6.67. The van der Waals surface area contributed by atoms with Gasteiger partial charge in [0, 0.05) is 3.57 Å². The van der Waals surface area contributed by atoms with Crippen molar-refractivity contribution in [3.05, 3.63) is 56.4 Å². The number of hydrogen-bond donors (Lipinski definition) is 0. The van der Waals surface area contributed by atoms with Gasteiger partial charge >= 0.3 is 0 Å². The van der Waals surface area contributed by atoms with Crippen LogP contribution in [-0.2, 0) is 0 Å². The number of hydrogen-bond acceptors (Lipinski definition) is 2. The number of aryl methyl sites for hydroxylation is 1. The lowest BCUT2D eigenvalue weighted by Gasteiger charge is -2.18. The molecule has 5 heteroatoms. The van der Waals surface area contributed by atoms with Gasteiger partial charge in [0.15, 0.2) is 11.5 Å². The fourth-order valence-electron chi connectivity index (χ4n) is 2.14. The second kappa shape index (κ2) is 6.96. The zero-order chi connectivity index (χ0) is 15.6. The summed E-state index contributed by atoms with van der Waals surface area (Å²) in [6.45, 7) is 2.02.